The van der Waals surface area contributed by atoms with Crippen molar-refractivity contribution in [2.24, 2.45) is 5.73 Å². The number of pyridine rings is 1. The van der Waals surface area contributed by atoms with Crippen LogP contribution in [-0.4, -0.2) is 10.9 Å². The largest absolute Gasteiger partial charge is 0.366 e. The van der Waals surface area contributed by atoms with Gasteiger partial charge in [-0.1, -0.05) is 12.1 Å². The molecule has 0 atom stereocenters. The third kappa shape index (κ3) is 2.25. The first-order valence-corrected chi connectivity index (χ1v) is 5.00. The Hall–Kier alpha value is -2.16. The van der Waals surface area contributed by atoms with Crippen molar-refractivity contribution in [3.63, 3.8) is 0 Å². The van der Waals surface area contributed by atoms with E-state index in [0.717, 1.165) is 22.2 Å². The lowest BCUT2D eigenvalue weighted by Gasteiger charge is -2.00. The summed E-state index contributed by atoms with van der Waals surface area (Å²) in [5, 5.41) is 1.05. The van der Waals surface area contributed by atoms with E-state index >= 15 is 0 Å². The standard InChI is InChI=1S/C13H12N2O/c1-9-2-5-11-8-10(4-7-13(14)16)3-6-12(11)15-9/h2-8H,1H3,(H2,14,16). The molecule has 0 unspecified atom stereocenters. The molecular formula is C13H12N2O. The van der Waals surface area contributed by atoms with Crippen molar-refractivity contribution in [3.8, 4) is 0 Å². The highest BCUT2D eigenvalue weighted by atomic mass is 16.1. The SMILES string of the molecule is Cc1ccc2cc(C=CC(N)=O)ccc2n1. The molecule has 0 aliphatic rings. The molecule has 1 aromatic carbocycles. The van der Waals surface area contributed by atoms with Crippen LogP contribution in [0.4, 0.5) is 0 Å². The zero-order valence-electron chi connectivity index (χ0n) is 8.97. The normalized spacial score (nSPS) is 11.1. The monoisotopic (exact) mass is 212 g/mol. The highest BCUT2D eigenvalue weighted by Gasteiger charge is 1.96. The predicted octanol–water partition coefficient (Wildman–Crippen LogP) is 2.04. The molecule has 0 bridgehead atoms. The van der Waals surface area contributed by atoms with Crippen LogP contribution in [0.25, 0.3) is 17.0 Å². The second-order valence-corrected chi connectivity index (χ2v) is 3.64. The molecule has 0 saturated heterocycles. The van der Waals surface area contributed by atoms with Crippen LogP contribution in [-0.2, 0) is 4.79 Å². The van der Waals surface area contributed by atoms with Gasteiger partial charge in [0.15, 0.2) is 0 Å². The van der Waals surface area contributed by atoms with Crippen LogP contribution >= 0.6 is 0 Å². The summed E-state index contributed by atoms with van der Waals surface area (Å²) in [6, 6.07) is 9.79. The Kier molecular flexibility index (Phi) is 2.68. The Balaban J connectivity index is 2.44. The number of aromatic nitrogens is 1. The number of carbonyl (C=O) groups excluding carboxylic acids is 1. The topological polar surface area (TPSA) is 56.0 Å². The van der Waals surface area contributed by atoms with Gasteiger partial charge in [0.25, 0.3) is 0 Å². The number of aryl methyl sites for hydroxylation is 1. The van der Waals surface area contributed by atoms with Gasteiger partial charge in [0.05, 0.1) is 5.52 Å². The van der Waals surface area contributed by atoms with Gasteiger partial charge in [0.2, 0.25) is 5.91 Å². The van der Waals surface area contributed by atoms with E-state index in [2.05, 4.69) is 4.98 Å². The first kappa shape index (κ1) is 10.4. The van der Waals surface area contributed by atoms with E-state index in [9.17, 15) is 4.79 Å². The minimum Gasteiger partial charge on any atom is -0.366 e. The van der Waals surface area contributed by atoms with E-state index < -0.39 is 5.91 Å². The van der Waals surface area contributed by atoms with Crippen LogP contribution in [0.2, 0.25) is 0 Å². The first-order valence-electron chi connectivity index (χ1n) is 5.00. The Morgan fingerprint density at radius 2 is 2.12 bits per heavy atom. The molecule has 0 radical (unpaired) electrons. The maximum absolute atomic E-state index is 10.6. The van der Waals surface area contributed by atoms with Crippen LogP contribution < -0.4 is 5.73 Å². The number of nitrogens with two attached hydrogens (primary N) is 1. The Morgan fingerprint density at radius 1 is 1.31 bits per heavy atom. The van der Waals surface area contributed by atoms with Gasteiger partial charge in [-0.05, 0) is 36.8 Å². The van der Waals surface area contributed by atoms with Crippen LogP contribution in [0.5, 0.6) is 0 Å². The number of rotatable bonds is 2. The quantitative estimate of drug-likeness (QED) is 0.774. The van der Waals surface area contributed by atoms with E-state index in [4.69, 9.17) is 5.73 Å². The van der Waals surface area contributed by atoms with Gasteiger partial charge in [0, 0.05) is 17.2 Å². The Bertz CT molecular complexity index is 573. The highest BCUT2D eigenvalue weighted by molar-refractivity contribution is 5.91. The van der Waals surface area contributed by atoms with Crippen molar-refractivity contribution in [2.75, 3.05) is 0 Å². The summed E-state index contributed by atoms with van der Waals surface area (Å²) in [6.45, 7) is 1.96. The smallest absolute Gasteiger partial charge is 0.241 e. The van der Waals surface area contributed by atoms with Crippen molar-refractivity contribution in [2.45, 2.75) is 6.92 Å². The third-order valence-electron chi connectivity index (χ3n) is 2.29. The number of hydrogen-bond donors (Lipinski definition) is 1. The van der Waals surface area contributed by atoms with Gasteiger partial charge in [-0.2, -0.15) is 0 Å². The average Bonchev–Trinajstić information content (AvgIpc) is 2.26. The number of benzene rings is 1. The lowest BCUT2D eigenvalue weighted by molar-refractivity contribution is -0.113. The first-order chi connectivity index (χ1) is 7.65. The molecule has 1 heterocycles. The molecule has 0 aliphatic carbocycles. The fourth-order valence-corrected chi connectivity index (χ4v) is 1.53. The van der Waals surface area contributed by atoms with Gasteiger partial charge >= 0.3 is 0 Å². The van der Waals surface area contributed by atoms with E-state index in [-0.39, 0.29) is 0 Å². The summed E-state index contributed by atoms with van der Waals surface area (Å²) in [6.07, 6.45) is 3.05. The summed E-state index contributed by atoms with van der Waals surface area (Å²) >= 11 is 0. The Morgan fingerprint density at radius 3 is 2.88 bits per heavy atom. The summed E-state index contributed by atoms with van der Waals surface area (Å²) in [7, 11) is 0. The van der Waals surface area contributed by atoms with Gasteiger partial charge < -0.3 is 5.73 Å². The molecule has 0 saturated carbocycles. The maximum Gasteiger partial charge on any atom is 0.241 e. The number of hydrogen-bond acceptors (Lipinski definition) is 2. The molecule has 0 spiro atoms. The molecule has 16 heavy (non-hydrogen) atoms. The van der Waals surface area contributed by atoms with Crippen LogP contribution in [0.15, 0.2) is 36.4 Å². The van der Waals surface area contributed by atoms with Gasteiger partial charge in [-0.25, -0.2) is 0 Å². The van der Waals surface area contributed by atoms with Crippen LogP contribution in [0.1, 0.15) is 11.3 Å². The minimum atomic E-state index is -0.442. The number of primary amides is 1. The lowest BCUT2D eigenvalue weighted by atomic mass is 10.1. The number of nitrogens with zero attached hydrogens (tertiary/aromatic N) is 1. The molecular weight excluding hydrogens is 200 g/mol. The summed E-state index contributed by atoms with van der Waals surface area (Å²) in [5.41, 5.74) is 7.92. The second-order valence-electron chi connectivity index (χ2n) is 3.64. The highest BCUT2D eigenvalue weighted by Crippen LogP contribution is 2.15. The Labute approximate surface area is 93.6 Å². The maximum atomic E-state index is 10.6. The van der Waals surface area contributed by atoms with Gasteiger partial charge in [-0.3, -0.25) is 9.78 Å². The van der Waals surface area contributed by atoms with E-state index in [0.29, 0.717) is 0 Å². The van der Waals surface area contributed by atoms with Crippen molar-refractivity contribution in [3.05, 3.63) is 47.7 Å². The fourth-order valence-electron chi connectivity index (χ4n) is 1.53. The zero-order valence-corrected chi connectivity index (χ0v) is 8.97. The number of amides is 1. The second kappa shape index (κ2) is 4.14. The van der Waals surface area contributed by atoms with Crippen LogP contribution in [0.3, 0.4) is 0 Å². The number of fused-ring (bicyclic) bond motifs is 1. The number of carbonyl (C=O) groups is 1. The van der Waals surface area contributed by atoms with Crippen LogP contribution in [0, 0.1) is 6.92 Å². The zero-order chi connectivity index (χ0) is 11.5. The van der Waals surface area contributed by atoms with E-state index in [1.165, 1.54) is 6.08 Å². The molecule has 0 fully saturated rings. The van der Waals surface area contributed by atoms with Crippen molar-refractivity contribution < 1.29 is 4.79 Å². The van der Waals surface area contributed by atoms with Gasteiger partial charge in [0.1, 0.15) is 0 Å². The fraction of sp³-hybridized carbons (Fsp3) is 0.0769. The van der Waals surface area contributed by atoms with Crippen molar-refractivity contribution >= 4 is 22.9 Å². The molecule has 2 aromatic rings. The molecule has 80 valence electrons. The van der Waals surface area contributed by atoms with E-state index in [1.54, 1.807) is 6.08 Å². The summed E-state index contributed by atoms with van der Waals surface area (Å²) < 4.78 is 0. The predicted molar refractivity (Wildman–Crippen MR) is 64.7 cm³/mol. The minimum absolute atomic E-state index is 0.442. The molecule has 2 N–H and O–H groups in total. The molecule has 1 amide bonds. The van der Waals surface area contributed by atoms with Gasteiger partial charge in [-0.15, -0.1) is 0 Å². The molecule has 3 heteroatoms. The third-order valence-corrected chi connectivity index (χ3v) is 2.29. The van der Waals surface area contributed by atoms with Crippen molar-refractivity contribution in [1.29, 1.82) is 0 Å². The lowest BCUT2D eigenvalue weighted by Crippen LogP contribution is -2.05. The average molecular weight is 212 g/mol. The molecule has 0 aliphatic heterocycles. The molecule has 3 nitrogen and oxygen atoms in total. The molecule has 2 rings (SSSR count). The van der Waals surface area contributed by atoms with Crippen molar-refractivity contribution in [1.82, 2.24) is 4.98 Å². The summed E-state index contributed by atoms with van der Waals surface area (Å²) in [4.78, 5) is 15.0. The summed E-state index contributed by atoms with van der Waals surface area (Å²) in [5.74, 6) is -0.442. The van der Waals surface area contributed by atoms with E-state index in [1.807, 2.05) is 37.3 Å². The molecule has 1 aromatic heterocycles.